The van der Waals surface area contributed by atoms with E-state index < -0.39 is 0 Å². The summed E-state index contributed by atoms with van der Waals surface area (Å²) in [6, 6.07) is 18.8. The molecule has 0 saturated heterocycles. The van der Waals surface area contributed by atoms with E-state index in [1.807, 2.05) is 68.4 Å². The molecule has 2 aromatic carbocycles. The number of carbonyl (C=O) groups excluding carboxylic acids is 1. The van der Waals surface area contributed by atoms with E-state index in [-0.39, 0.29) is 11.9 Å². The standard InChI is InChI=1S/C21H19N3O/c1-4-17-9-8-12-19(15-17)24(16(2)3)21(25)20-13-14-23(22-20)18-10-6-5-7-11-18/h1,5-16H,2-3H3. The van der Waals surface area contributed by atoms with Gasteiger partial charge in [-0.25, -0.2) is 4.68 Å². The van der Waals surface area contributed by atoms with Gasteiger partial charge in [0.05, 0.1) is 5.69 Å². The van der Waals surface area contributed by atoms with E-state index in [4.69, 9.17) is 6.42 Å². The first-order valence-electron chi connectivity index (χ1n) is 8.11. The first-order chi connectivity index (χ1) is 12.1. The Kier molecular flexibility index (Phi) is 4.67. The van der Waals surface area contributed by atoms with Gasteiger partial charge < -0.3 is 4.90 Å². The third-order valence-electron chi connectivity index (χ3n) is 3.86. The highest BCUT2D eigenvalue weighted by Crippen LogP contribution is 2.21. The summed E-state index contributed by atoms with van der Waals surface area (Å²) < 4.78 is 1.70. The fourth-order valence-electron chi connectivity index (χ4n) is 2.68. The van der Waals surface area contributed by atoms with E-state index in [0.29, 0.717) is 5.69 Å². The van der Waals surface area contributed by atoms with Gasteiger partial charge in [-0.15, -0.1) is 6.42 Å². The van der Waals surface area contributed by atoms with Crippen molar-refractivity contribution >= 4 is 11.6 Å². The fourth-order valence-corrected chi connectivity index (χ4v) is 2.68. The van der Waals surface area contributed by atoms with Crippen molar-refractivity contribution in [1.29, 1.82) is 0 Å². The molecule has 3 rings (SSSR count). The second-order valence-electron chi connectivity index (χ2n) is 5.94. The Morgan fingerprint density at radius 3 is 2.56 bits per heavy atom. The number of hydrogen-bond acceptors (Lipinski definition) is 2. The number of terminal acetylenes is 1. The predicted octanol–water partition coefficient (Wildman–Crippen LogP) is 3.91. The predicted molar refractivity (Wildman–Crippen MR) is 99.9 cm³/mol. The van der Waals surface area contributed by atoms with Crippen molar-refractivity contribution in [2.45, 2.75) is 19.9 Å². The number of anilines is 1. The number of rotatable bonds is 4. The van der Waals surface area contributed by atoms with E-state index in [0.717, 1.165) is 16.9 Å². The Bertz CT molecular complexity index is 920. The van der Waals surface area contributed by atoms with Crippen LogP contribution in [0.5, 0.6) is 0 Å². The van der Waals surface area contributed by atoms with Crippen molar-refractivity contribution in [3.63, 3.8) is 0 Å². The van der Waals surface area contributed by atoms with Crippen LogP contribution in [0.15, 0.2) is 66.9 Å². The number of amides is 1. The minimum absolute atomic E-state index is 0.0256. The molecular formula is C21H19N3O. The molecule has 0 N–H and O–H groups in total. The SMILES string of the molecule is C#Cc1cccc(N(C(=O)c2ccn(-c3ccccc3)n2)C(C)C)c1. The Balaban J connectivity index is 1.94. The topological polar surface area (TPSA) is 38.1 Å². The van der Waals surface area contributed by atoms with Crippen LogP contribution in [-0.2, 0) is 0 Å². The third kappa shape index (κ3) is 3.46. The number of aromatic nitrogens is 2. The van der Waals surface area contributed by atoms with Crippen molar-refractivity contribution in [3.05, 3.63) is 78.1 Å². The van der Waals surface area contributed by atoms with Crippen LogP contribution in [0.3, 0.4) is 0 Å². The van der Waals surface area contributed by atoms with Crippen molar-refractivity contribution in [1.82, 2.24) is 9.78 Å². The monoisotopic (exact) mass is 329 g/mol. The Morgan fingerprint density at radius 1 is 1.12 bits per heavy atom. The van der Waals surface area contributed by atoms with E-state index >= 15 is 0 Å². The zero-order valence-corrected chi connectivity index (χ0v) is 14.3. The van der Waals surface area contributed by atoms with Gasteiger partial charge >= 0.3 is 0 Å². The highest BCUT2D eigenvalue weighted by molar-refractivity contribution is 6.05. The first kappa shape index (κ1) is 16.5. The number of hydrogen-bond donors (Lipinski definition) is 0. The summed E-state index contributed by atoms with van der Waals surface area (Å²) in [6.07, 6.45) is 7.27. The van der Waals surface area contributed by atoms with Gasteiger partial charge in [0, 0.05) is 23.5 Å². The average molecular weight is 329 g/mol. The highest BCUT2D eigenvalue weighted by atomic mass is 16.2. The summed E-state index contributed by atoms with van der Waals surface area (Å²) >= 11 is 0. The molecule has 0 spiro atoms. The van der Waals surface area contributed by atoms with Gasteiger partial charge in [-0.1, -0.05) is 30.2 Å². The smallest absolute Gasteiger partial charge is 0.279 e. The van der Waals surface area contributed by atoms with Gasteiger partial charge in [-0.3, -0.25) is 4.79 Å². The molecule has 124 valence electrons. The third-order valence-corrected chi connectivity index (χ3v) is 3.86. The first-order valence-corrected chi connectivity index (χ1v) is 8.11. The molecule has 0 aliphatic rings. The minimum Gasteiger partial charge on any atom is -0.304 e. The minimum atomic E-state index is -0.154. The van der Waals surface area contributed by atoms with Crippen LogP contribution in [0.25, 0.3) is 5.69 Å². The van der Waals surface area contributed by atoms with E-state index in [1.54, 1.807) is 21.8 Å². The second kappa shape index (κ2) is 7.06. The molecule has 0 radical (unpaired) electrons. The maximum absolute atomic E-state index is 13.0. The number of nitrogens with zero attached hydrogens (tertiary/aromatic N) is 3. The lowest BCUT2D eigenvalue weighted by Gasteiger charge is -2.26. The quantitative estimate of drug-likeness (QED) is 0.681. The lowest BCUT2D eigenvalue weighted by molar-refractivity contribution is 0.0975. The Hall–Kier alpha value is -3.32. The molecule has 0 aliphatic carbocycles. The van der Waals surface area contributed by atoms with Crippen LogP contribution in [0.1, 0.15) is 29.9 Å². The van der Waals surface area contributed by atoms with Gasteiger partial charge in [0.25, 0.3) is 5.91 Å². The Labute approximate surface area is 147 Å². The Morgan fingerprint density at radius 2 is 1.88 bits per heavy atom. The molecule has 4 nitrogen and oxygen atoms in total. The number of carbonyl (C=O) groups is 1. The largest absolute Gasteiger partial charge is 0.304 e. The maximum Gasteiger partial charge on any atom is 0.279 e. The van der Waals surface area contributed by atoms with Crippen molar-refractivity contribution in [2.75, 3.05) is 4.90 Å². The molecular weight excluding hydrogens is 310 g/mol. The van der Waals surface area contributed by atoms with E-state index in [9.17, 15) is 4.79 Å². The summed E-state index contributed by atoms with van der Waals surface area (Å²) in [6.45, 7) is 3.93. The molecule has 1 amide bonds. The summed E-state index contributed by atoms with van der Waals surface area (Å²) in [5.74, 6) is 2.45. The fraction of sp³-hybridized carbons (Fsp3) is 0.143. The molecule has 0 saturated carbocycles. The average Bonchev–Trinajstić information content (AvgIpc) is 3.12. The zero-order valence-electron chi connectivity index (χ0n) is 14.3. The molecule has 4 heteroatoms. The lowest BCUT2D eigenvalue weighted by Crippen LogP contribution is -2.37. The molecule has 0 bridgehead atoms. The highest BCUT2D eigenvalue weighted by Gasteiger charge is 2.23. The van der Waals surface area contributed by atoms with Crippen LogP contribution in [0.4, 0.5) is 5.69 Å². The van der Waals surface area contributed by atoms with Crippen LogP contribution >= 0.6 is 0 Å². The number of benzene rings is 2. The molecule has 1 aromatic heterocycles. The van der Waals surface area contributed by atoms with Crippen LogP contribution in [0, 0.1) is 12.3 Å². The van der Waals surface area contributed by atoms with Crippen LogP contribution in [0.2, 0.25) is 0 Å². The summed E-state index contributed by atoms with van der Waals surface area (Å²) in [5.41, 5.74) is 2.81. The van der Waals surface area contributed by atoms with Crippen LogP contribution < -0.4 is 4.90 Å². The normalized spacial score (nSPS) is 10.5. The van der Waals surface area contributed by atoms with Crippen molar-refractivity contribution in [3.8, 4) is 18.0 Å². The summed E-state index contributed by atoms with van der Waals surface area (Å²) in [5, 5.41) is 4.44. The zero-order chi connectivity index (χ0) is 17.8. The van der Waals surface area contributed by atoms with Gasteiger partial charge in [-0.2, -0.15) is 5.10 Å². The molecule has 0 aliphatic heterocycles. The van der Waals surface area contributed by atoms with E-state index in [1.165, 1.54) is 0 Å². The molecule has 3 aromatic rings. The number of para-hydroxylation sites is 1. The van der Waals surface area contributed by atoms with Gasteiger partial charge in [-0.05, 0) is 50.2 Å². The maximum atomic E-state index is 13.0. The molecule has 0 unspecified atom stereocenters. The van der Waals surface area contributed by atoms with Gasteiger partial charge in [0.15, 0.2) is 5.69 Å². The summed E-state index contributed by atoms with van der Waals surface area (Å²) in [4.78, 5) is 14.7. The molecule has 25 heavy (non-hydrogen) atoms. The van der Waals surface area contributed by atoms with Crippen molar-refractivity contribution < 1.29 is 4.79 Å². The van der Waals surface area contributed by atoms with Crippen molar-refractivity contribution in [2.24, 2.45) is 0 Å². The summed E-state index contributed by atoms with van der Waals surface area (Å²) in [7, 11) is 0. The second-order valence-corrected chi connectivity index (χ2v) is 5.94. The lowest BCUT2D eigenvalue weighted by atomic mass is 10.1. The molecule has 0 atom stereocenters. The van der Waals surface area contributed by atoms with Crippen LogP contribution in [-0.4, -0.2) is 21.7 Å². The van der Waals surface area contributed by atoms with Gasteiger partial charge in [0.1, 0.15) is 0 Å². The molecule has 1 heterocycles. The molecule has 0 fully saturated rings. The van der Waals surface area contributed by atoms with Gasteiger partial charge in [0.2, 0.25) is 0 Å². The van der Waals surface area contributed by atoms with E-state index in [2.05, 4.69) is 11.0 Å².